The predicted molar refractivity (Wildman–Crippen MR) is 106 cm³/mol. The molecule has 0 aliphatic heterocycles. The zero-order valence-electron chi connectivity index (χ0n) is 15.9. The summed E-state index contributed by atoms with van der Waals surface area (Å²) in [4.78, 5) is 14.7. The number of benzene rings is 2. The van der Waals surface area contributed by atoms with E-state index < -0.39 is 0 Å². The van der Waals surface area contributed by atoms with Crippen molar-refractivity contribution >= 4 is 16.8 Å². The molecule has 1 fully saturated rings. The fourth-order valence-electron chi connectivity index (χ4n) is 3.45. The van der Waals surface area contributed by atoms with Crippen LogP contribution in [-0.2, 0) is 6.54 Å². The molecular weight excluding hydrogens is 338 g/mol. The number of hydrogen-bond donors (Lipinski definition) is 1. The fraction of sp³-hybridized carbons (Fsp3) is 0.364. The summed E-state index contributed by atoms with van der Waals surface area (Å²) in [7, 11) is 1.83. The molecule has 0 atom stereocenters. The Labute approximate surface area is 159 Å². The van der Waals surface area contributed by atoms with Crippen molar-refractivity contribution in [3.05, 3.63) is 59.3 Å². The molecule has 2 aromatic carbocycles. The highest BCUT2D eigenvalue weighted by atomic mass is 16.5. The summed E-state index contributed by atoms with van der Waals surface area (Å²) in [6, 6.07) is 11.9. The Hall–Kier alpha value is -2.82. The Morgan fingerprint density at radius 1 is 1.30 bits per heavy atom. The number of fused-ring (bicyclic) bond motifs is 1. The topological polar surface area (TPSA) is 58.2 Å². The van der Waals surface area contributed by atoms with Crippen LogP contribution in [0.15, 0.2) is 42.6 Å². The number of nitrogens with zero attached hydrogens (tertiary/aromatic N) is 2. The first-order chi connectivity index (χ1) is 13.2. The van der Waals surface area contributed by atoms with Crippen LogP contribution in [0.25, 0.3) is 10.9 Å². The van der Waals surface area contributed by atoms with Crippen molar-refractivity contribution in [2.75, 3.05) is 13.7 Å². The molecular formula is C22H25N3O2. The number of nitrogens with one attached hydrogen (secondary N) is 1. The van der Waals surface area contributed by atoms with Gasteiger partial charge in [-0.15, -0.1) is 0 Å². The molecule has 5 heteroatoms. The standard InChI is InChI=1S/C22H25N3O2/c1-3-11-27-20-12-16(9-10-19(20)15-7-8-15)22(26)25(2)14-18-6-4-5-17-13-23-24-21(17)18/h4-6,9-10,12-13,15H,3,7-8,11,14H2,1-2H3,(H,23,24). The average molecular weight is 363 g/mol. The highest BCUT2D eigenvalue weighted by Crippen LogP contribution is 2.44. The monoisotopic (exact) mass is 363 g/mol. The molecule has 1 aliphatic rings. The number of ether oxygens (including phenoxy) is 1. The van der Waals surface area contributed by atoms with E-state index in [1.807, 2.05) is 37.4 Å². The summed E-state index contributed by atoms with van der Waals surface area (Å²) in [6.07, 6.45) is 5.18. The molecule has 1 amide bonds. The second kappa shape index (κ2) is 7.43. The number of rotatable bonds is 7. The highest BCUT2D eigenvalue weighted by molar-refractivity contribution is 5.95. The minimum atomic E-state index is -0.00443. The zero-order chi connectivity index (χ0) is 18.8. The van der Waals surface area contributed by atoms with Gasteiger partial charge in [-0.2, -0.15) is 5.10 Å². The van der Waals surface area contributed by atoms with Gasteiger partial charge in [-0.25, -0.2) is 0 Å². The maximum absolute atomic E-state index is 13.0. The largest absolute Gasteiger partial charge is 0.493 e. The van der Waals surface area contributed by atoms with Crippen LogP contribution in [0.1, 0.15) is 53.6 Å². The lowest BCUT2D eigenvalue weighted by Gasteiger charge is -2.19. The van der Waals surface area contributed by atoms with Gasteiger partial charge in [-0.1, -0.05) is 31.2 Å². The lowest BCUT2D eigenvalue weighted by atomic mass is 10.1. The summed E-state index contributed by atoms with van der Waals surface area (Å²) in [5, 5.41) is 8.18. The summed E-state index contributed by atoms with van der Waals surface area (Å²) < 4.78 is 5.94. The van der Waals surface area contributed by atoms with Gasteiger partial charge in [0.25, 0.3) is 5.91 Å². The molecule has 4 rings (SSSR count). The fourth-order valence-corrected chi connectivity index (χ4v) is 3.45. The number of hydrogen-bond acceptors (Lipinski definition) is 3. The highest BCUT2D eigenvalue weighted by Gasteiger charge is 2.27. The van der Waals surface area contributed by atoms with Crippen LogP contribution in [0, 0.1) is 0 Å². The third kappa shape index (κ3) is 3.68. The third-order valence-electron chi connectivity index (χ3n) is 5.06. The van der Waals surface area contributed by atoms with Gasteiger partial charge < -0.3 is 9.64 Å². The third-order valence-corrected chi connectivity index (χ3v) is 5.06. The van der Waals surface area contributed by atoms with Crippen LogP contribution in [0.5, 0.6) is 5.75 Å². The van der Waals surface area contributed by atoms with Gasteiger partial charge in [0.2, 0.25) is 0 Å². The van der Waals surface area contributed by atoms with E-state index in [2.05, 4.69) is 23.2 Å². The molecule has 1 aliphatic carbocycles. The molecule has 0 radical (unpaired) electrons. The molecule has 1 heterocycles. The lowest BCUT2D eigenvalue weighted by Crippen LogP contribution is -2.26. The van der Waals surface area contributed by atoms with E-state index in [-0.39, 0.29) is 5.91 Å². The van der Waals surface area contributed by atoms with E-state index in [1.54, 1.807) is 11.1 Å². The first-order valence-electron chi connectivity index (χ1n) is 9.60. The number of para-hydroxylation sites is 1. The van der Waals surface area contributed by atoms with Crippen molar-refractivity contribution in [1.29, 1.82) is 0 Å². The van der Waals surface area contributed by atoms with Gasteiger partial charge in [-0.05, 0) is 48.4 Å². The van der Waals surface area contributed by atoms with Gasteiger partial charge >= 0.3 is 0 Å². The summed E-state index contributed by atoms with van der Waals surface area (Å²) in [6.45, 7) is 3.29. The second-order valence-corrected chi connectivity index (χ2v) is 7.29. The van der Waals surface area contributed by atoms with Crippen molar-refractivity contribution in [1.82, 2.24) is 15.1 Å². The maximum Gasteiger partial charge on any atom is 0.254 e. The van der Waals surface area contributed by atoms with Gasteiger partial charge in [-0.3, -0.25) is 9.89 Å². The Bertz CT molecular complexity index is 959. The van der Waals surface area contributed by atoms with Crippen molar-refractivity contribution in [3.8, 4) is 5.75 Å². The smallest absolute Gasteiger partial charge is 0.254 e. The van der Waals surface area contributed by atoms with E-state index in [0.717, 1.165) is 28.6 Å². The molecule has 0 spiro atoms. The van der Waals surface area contributed by atoms with Crippen LogP contribution in [0.2, 0.25) is 0 Å². The Morgan fingerprint density at radius 2 is 2.15 bits per heavy atom. The molecule has 0 saturated heterocycles. The quantitative estimate of drug-likeness (QED) is 0.672. The molecule has 3 aromatic rings. The van der Waals surface area contributed by atoms with Gasteiger partial charge in [0.05, 0.1) is 18.3 Å². The number of aromatic nitrogens is 2. The predicted octanol–water partition coefficient (Wildman–Crippen LogP) is 4.50. The molecule has 1 N–H and O–H groups in total. The molecule has 140 valence electrons. The first-order valence-corrected chi connectivity index (χ1v) is 9.60. The molecule has 1 saturated carbocycles. The van der Waals surface area contributed by atoms with Crippen molar-refractivity contribution < 1.29 is 9.53 Å². The van der Waals surface area contributed by atoms with Crippen LogP contribution in [0.3, 0.4) is 0 Å². The number of aromatic amines is 1. The average Bonchev–Trinajstić information content (AvgIpc) is 3.41. The van der Waals surface area contributed by atoms with Crippen LogP contribution in [0.4, 0.5) is 0 Å². The summed E-state index contributed by atoms with van der Waals surface area (Å²) in [5.74, 6) is 1.46. The minimum absolute atomic E-state index is 0.00443. The molecule has 0 bridgehead atoms. The molecule has 0 unspecified atom stereocenters. The Morgan fingerprint density at radius 3 is 2.93 bits per heavy atom. The number of H-pyrrole nitrogens is 1. The van der Waals surface area contributed by atoms with Gasteiger partial charge in [0, 0.05) is 24.5 Å². The molecule has 27 heavy (non-hydrogen) atoms. The maximum atomic E-state index is 13.0. The van der Waals surface area contributed by atoms with Crippen molar-refractivity contribution in [2.45, 2.75) is 38.6 Å². The number of amides is 1. The normalized spacial score (nSPS) is 13.7. The van der Waals surface area contributed by atoms with Crippen LogP contribution >= 0.6 is 0 Å². The number of carbonyl (C=O) groups is 1. The zero-order valence-corrected chi connectivity index (χ0v) is 15.9. The Kier molecular flexibility index (Phi) is 4.84. The van der Waals surface area contributed by atoms with Crippen LogP contribution in [-0.4, -0.2) is 34.7 Å². The van der Waals surface area contributed by atoms with Crippen molar-refractivity contribution in [2.24, 2.45) is 0 Å². The Balaban J connectivity index is 1.55. The molecule has 5 nitrogen and oxygen atoms in total. The lowest BCUT2D eigenvalue weighted by molar-refractivity contribution is 0.0785. The summed E-state index contributed by atoms with van der Waals surface area (Å²) in [5.41, 5.74) is 3.95. The molecule has 1 aromatic heterocycles. The minimum Gasteiger partial charge on any atom is -0.493 e. The van der Waals surface area contributed by atoms with Crippen molar-refractivity contribution in [3.63, 3.8) is 0 Å². The van der Waals surface area contributed by atoms with Gasteiger partial charge in [0.1, 0.15) is 5.75 Å². The SMILES string of the molecule is CCCOc1cc(C(=O)N(C)Cc2cccc3cn[nH]c23)ccc1C1CC1. The van der Waals surface area contributed by atoms with E-state index in [1.165, 1.54) is 18.4 Å². The van der Waals surface area contributed by atoms with Crippen LogP contribution < -0.4 is 4.74 Å². The van der Waals surface area contributed by atoms with E-state index in [0.29, 0.717) is 24.6 Å². The van der Waals surface area contributed by atoms with E-state index in [9.17, 15) is 4.79 Å². The van der Waals surface area contributed by atoms with Gasteiger partial charge in [0.15, 0.2) is 0 Å². The summed E-state index contributed by atoms with van der Waals surface area (Å²) >= 11 is 0. The number of carbonyl (C=O) groups excluding carboxylic acids is 1. The second-order valence-electron chi connectivity index (χ2n) is 7.29. The van der Waals surface area contributed by atoms with E-state index in [4.69, 9.17) is 4.74 Å². The van der Waals surface area contributed by atoms with E-state index >= 15 is 0 Å². The first kappa shape index (κ1) is 17.6.